The molecule has 11 heteroatoms. The number of carboxylic acids is 1. The molecule has 2 N–H and O–H groups in total. The van der Waals surface area contributed by atoms with E-state index in [4.69, 9.17) is 4.74 Å². The lowest BCUT2D eigenvalue weighted by Crippen LogP contribution is -2.36. The number of hydrogen-bond donors (Lipinski definition) is 2. The number of aliphatic carboxylic acids is 1. The molecular formula is C23H21F4N3O3S. The highest BCUT2D eigenvalue weighted by molar-refractivity contribution is 7.13. The summed E-state index contributed by atoms with van der Waals surface area (Å²) in [6, 6.07) is 6.46. The second-order valence-electron chi connectivity index (χ2n) is 8.04. The Labute approximate surface area is 196 Å². The van der Waals surface area contributed by atoms with Gasteiger partial charge in [-0.3, -0.25) is 9.78 Å². The third-order valence-electron chi connectivity index (χ3n) is 5.83. The lowest BCUT2D eigenvalue weighted by Gasteiger charge is -2.34. The first-order valence-electron chi connectivity index (χ1n) is 10.6. The van der Waals surface area contributed by atoms with Gasteiger partial charge in [-0.1, -0.05) is 6.07 Å². The van der Waals surface area contributed by atoms with E-state index in [9.17, 15) is 27.5 Å². The van der Waals surface area contributed by atoms with E-state index in [-0.39, 0.29) is 19.3 Å². The van der Waals surface area contributed by atoms with Crippen molar-refractivity contribution in [2.45, 2.75) is 38.0 Å². The lowest BCUT2D eigenvalue weighted by atomic mass is 9.75. The van der Waals surface area contributed by atoms with Gasteiger partial charge in [-0.2, -0.15) is 13.2 Å². The zero-order valence-electron chi connectivity index (χ0n) is 17.8. The molecule has 3 aromatic rings. The van der Waals surface area contributed by atoms with Crippen LogP contribution in [-0.4, -0.2) is 27.1 Å². The van der Waals surface area contributed by atoms with Gasteiger partial charge in [-0.25, -0.2) is 9.37 Å². The van der Waals surface area contributed by atoms with E-state index >= 15 is 0 Å². The Kier molecular flexibility index (Phi) is 7.01. The highest BCUT2D eigenvalue weighted by Crippen LogP contribution is 2.39. The number of carboxylic acid groups (broad SMARTS) is 1. The molecule has 0 amide bonds. The van der Waals surface area contributed by atoms with Crippen LogP contribution in [0, 0.1) is 17.7 Å². The minimum atomic E-state index is -4.84. The van der Waals surface area contributed by atoms with Crippen LogP contribution < -0.4 is 10.1 Å². The summed E-state index contributed by atoms with van der Waals surface area (Å²) in [5.41, 5.74) is -0.0689. The molecule has 6 nitrogen and oxygen atoms in total. The molecule has 2 unspecified atom stereocenters. The molecule has 1 saturated carbocycles. The highest BCUT2D eigenvalue weighted by atomic mass is 32.1. The maximum Gasteiger partial charge on any atom is 0.419 e. The topological polar surface area (TPSA) is 84.3 Å². The molecular weight excluding hydrogens is 474 g/mol. The van der Waals surface area contributed by atoms with Crippen molar-refractivity contribution in [2.24, 2.45) is 11.8 Å². The summed E-state index contributed by atoms with van der Waals surface area (Å²) in [5.74, 6) is -4.00. The van der Waals surface area contributed by atoms with Gasteiger partial charge in [0.25, 0.3) is 0 Å². The summed E-state index contributed by atoms with van der Waals surface area (Å²) in [6.07, 6.45) is -1.13. The second-order valence-corrected chi connectivity index (χ2v) is 8.93. The Bertz CT molecular complexity index is 1140. The first-order valence-corrected chi connectivity index (χ1v) is 11.5. The van der Waals surface area contributed by atoms with Crippen molar-refractivity contribution < 1.29 is 32.2 Å². The zero-order chi connectivity index (χ0) is 24.3. The predicted octanol–water partition coefficient (Wildman–Crippen LogP) is 5.93. The van der Waals surface area contributed by atoms with Gasteiger partial charge < -0.3 is 15.2 Å². The van der Waals surface area contributed by atoms with Crippen molar-refractivity contribution in [1.82, 2.24) is 9.97 Å². The van der Waals surface area contributed by atoms with Gasteiger partial charge >= 0.3 is 12.1 Å². The largest absolute Gasteiger partial charge is 0.487 e. The molecule has 2 aromatic heterocycles. The van der Waals surface area contributed by atoms with Gasteiger partial charge in [0.1, 0.15) is 0 Å². The molecule has 180 valence electrons. The summed E-state index contributed by atoms with van der Waals surface area (Å²) in [4.78, 5) is 20.5. The summed E-state index contributed by atoms with van der Waals surface area (Å²) < 4.78 is 59.2. The number of pyridine rings is 1. The fourth-order valence-corrected chi connectivity index (χ4v) is 4.78. The van der Waals surface area contributed by atoms with Crippen molar-refractivity contribution in [2.75, 3.05) is 5.32 Å². The molecule has 2 heterocycles. The molecule has 1 aliphatic rings. The summed E-state index contributed by atoms with van der Waals surface area (Å²) in [6.45, 7) is 0. The molecule has 4 rings (SSSR count). The van der Waals surface area contributed by atoms with E-state index in [1.165, 1.54) is 11.3 Å². The number of thiazole rings is 1. The van der Waals surface area contributed by atoms with Gasteiger partial charge in [0.05, 0.1) is 29.0 Å². The smallest absolute Gasteiger partial charge is 0.419 e. The van der Waals surface area contributed by atoms with Gasteiger partial charge in [0, 0.05) is 17.8 Å². The number of ether oxygens (including phenoxy) is 1. The standard InChI is InChI=1S/C23H21F4N3O3S/c24-20-16(23(25,26)27)3-1-5-19(20)33-14-6-7-15(21(31)32)13(11-14)12-18-17(4-2-8-28-18)30-22-29-9-10-34-22/h1-5,8-10,13-15H,6-7,11-12H2,(H,29,30)(H,31,32)/t13?,14-,15?/m0/s1. The SMILES string of the molecule is O=C(O)C1CC[C@H](Oc2cccc(C(F)(F)F)c2F)CC1Cc1ncccc1Nc1nccs1. The fraction of sp³-hybridized carbons (Fsp3) is 0.348. The van der Waals surface area contributed by atoms with Crippen LogP contribution in [0.3, 0.4) is 0 Å². The minimum Gasteiger partial charge on any atom is -0.487 e. The average Bonchev–Trinajstić information content (AvgIpc) is 3.29. The van der Waals surface area contributed by atoms with Crippen molar-refractivity contribution >= 4 is 28.1 Å². The number of hydrogen-bond acceptors (Lipinski definition) is 6. The summed E-state index contributed by atoms with van der Waals surface area (Å²) in [5, 5.41) is 15.4. The van der Waals surface area contributed by atoms with Crippen LogP contribution >= 0.6 is 11.3 Å². The predicted molar refractivity (Wildman–Crippen MR) is 118 cm³/mol. The Hall–Kier alpha value is -3.21. The maximum atomic E-state index is 14.4. The van der Waals surface area contributed by atoms with Crippen molar-refractivity contribution in [3.63, 3.8) is 0 Å². The van der Waals surface area contributed by atoms with Crippen LogP contribution in [0.15, 0.2) is 48.1 Å². The lowest BCUT2D eigenvalue weighted by molar-refractivity contribution is -0.146. The average molecular weight is 495 g/mol. The number of nitrogens with zero attached hydrogens (tertiary/aromatic N) is 2. The molecule has 1 fully saturated rings. The van der Waals surface area contributed by atoms with Crippen LogP contribution in [0.4, 0.5) is 28.4 Å². The van der Waals surface area contributed by atoms with E-state index in [1.807, 2.05) is 11.4 Å². The van der Waals surface area contributed by atoms with Crippen molar-refractivity contribution in [1.29, 1.82) is 0 Å². The molecule has 0 aliphatic heterocycles. The second kappa shape index (κ2) is 9.96. The first kappa shape index (κ1) is 23.9. The molecule has 1 aliphatic carbocycles. The number of carbonyl (C=O) groups is 1. The van der Waals surface area contributed by atoms with E-state index in [0.717, 1.165) is 12.1 Å². The summed E-state index contributed by atoms with van der Waals surface area (Å²) >= 11 is 1.40. The Morgan fingerprint density at radius 2 is 2.00 bits per heavy atom. The molecule has 0 radical (unpaired) electrons. The third kappa shape index (κ3) is 5.46. The molecule has 0 saturated heterocycles. The quantitative estimate of drug-likeness (QED) is 0.395. The van der Waals surface area contributed by atoms with Crippen LogP contribution in [0.25, 0.3) is 0 Å². The van der Waals surface area contributed by atoms with Crippen LogP contribution in [0.2, 0.25) is 0 Å². The van der Waals surface area contributed by atoms with Gasteiger partial charge in [0.15, 0.2) is 16.7 Å². The van der Waals surface area contributed by atoms with E-state index in [1.54, 1.807) is 18.5 Å². The maximum absolute atomic E-state index is 14.4. The van der Waals surface area contributed by atoms with E-state index < -0.39 is 47.2 Å². The number of anilines is 2. The van der Waals surface area contributed by atoms with Crippen molar-refractivity contribution in [3.05, 3.63) is 65.2 Å². The monoisotopic (exact) mass is 495 g/mol. The Morgan fingerprint density at radius 1 is 1.18 bits per heavy atom. The van der Waals surface area contributed by atoms with Crippen LogP contribution in [0.5, 0.6) is 5.75 Å². The molecule has 1 aromatic carbocycles. The zero-order valence-corrected chi connectivity index (χ0v) is 18.6. The number of nitrogens with one attached hydrogen (secondary N) is 1. The van der Waals surface area contributed by atoms with Crippen molar-refractivity contribution in [3.8, 4) is 5.75 Å². The van der Waals surface area contributed by atoms with Crippen LogP contribution in [0.1, 0.15) is 30.5 Å². The van der Waals surface area contributed by atoms with Gasteiger partial charge in [-0.05, 0) is 55.9 Å². The molecule has 0 bridgehead atoms. The molecule has 0 spiro atoms. The molecule has 34 heavy (non-hydrogen) atoms. The third-order valence-corrected chi connectivity index (χ3v) is 6.52. The minimum absolute atomic E-state index is 0.236. The van der Waals surface area contributed by atoms with Gasteiger partial charge in [-0.15, -0.1) is 11.3 Å². The van der Waals surface area contributed by atoms with E-state index in [0.29, 0.717) is 29.0 Å². The fourth-order valence-electron chi connectivity index (χ4n) is 4.24. The Balaban J connectivity index is 1.53. The number of benzene rings is 1. The number of aromatic nitrogens is 2. The summed E-state index contributed by atoms with van der Waals surface area (Å²) in [7, 11) is 0. The Morgan fingerprint density at radius 3 is 2.71 bits per heavy atom. The number of rotatable bonds is 7. The highest BCUT2D eigenvalue weighted by Gasteiger charge is 2.38. The van der Waals surface area contributed by atoms with Gasteiger partial charge in [0.2, 0.25) is 0 Å². The molecule has 3 atom stereocenters. The number of halogens is 4. The first-order chi connectivity index (χ1) is 16.2. The number of alkyl halides is 3. The van der Waals surface area contributed by atoms with E-state index in [2.05, 4.69) is 15.3 Å². The van der Waals surface area contributed by atoms with Crippen LogP contribution in [-0.2, 0) is 17.4 Å². The normalized spacial score (nSPS) is 20.6.